The monoisotopic (exact) mass is 312 g/mol. The normalized spacial score (nSPS) is 19.6. The van der Waals surface area contributed by atoms with Gasteiger partial charge in [0.2, 0.25) is 0 Å². The number of hydrogen-bond acceptors (Lipinski definition) is 6. The molecule has 0 aromatic carbocycles. The molecule has 2 rings (SSSR count). The summed E-state index contributed by atoms with van der Waals surface area (Å²) in [5, 5.41) is 14.8. The van der Waals surface area contributed by atoms with Crippen molar-refractivity contribution in [3.63, 3.8) is 0 Å². The smallest absolute Gasteiger partial charge is 0.269 e. The van der Waals surface area contributed by atoms with Crippen molar-refractivity contribution in [1.29, 1.82) is 0 Å². The van der Waals surface area contributed by atoms with Crippen LogP contribution in [0.1, 0.15) is 16.1 Å². The molecule has 0 saturated carbocycles. The van der Waals surface area contributed by atoms with E-state index >= 15 is 0 Å². The molecule has 8 heteroatoms. The van der Waals surface area contributed by atoms with Gasteiger partial charge in [-0.15, -0.1) is 0 Å². The highest BCUT2D eigenvalue weighted by Gasteiger charge is 2.16. The van der Waals surface area contributed by atoms with Crippen LogP contribution in [0.25, 0.3) is 0 Å². The Kier molecular flexibility index (Phi) is 5.54. The van der Waals surface area contributed by atoms with Gasteiger partial charge in [0.1, 0.15) is 5.69 Å². The Balaban J connectivity index is 1.88. The minimum absolute atomic E-state index is 0.0277. The van der Waals surface area contributed by atoms with Crippen molar-refractivity contribution in [3.05, 3.63) is 29.6 Å². The molecule has 2 heterocycles. The minimum atomic E-state index is -0.202. The average molecular weight is 312 g/mol. The molecule has 1 amide bonds. The third-order valence-electron chi connectivity index (χ3n) is 2.77. The van der Waals surface area contributed by atoms with Crippen LogP contribution in [0, 0.1) is 0 Å². The Morgan fingerprint density at radius 3 is 3.00 bits per heavy atom. The lowest BCUT2D eigenvalue weighted by Gasteiger charge is -2.20. The summed E-state index contributed by atoms with van der Waals surface area (Å²) in [5.74, 6) is 3.16. The number of nitrogens with two attached hydrogens (primary N) is 1. The van der Waals surface area contributed by atoms with E-state index in [0.29, 0.717) is 23.1 Å². The number of amidine groups is 1. The third kappa shape index (κ3) is 4.04. The fraction of sp³-hybridized carbons (Fsp3) is 0.417. The molecule has 1 aromatic rings. The van der Waals surface area contributed by atoms with E-state index in [9.17, 15) is 4.79 Å². The molecule has 4 N–H and O–H groups in total. The van der Waals surface area contributed by atoms with Crippen molar-refractivity contribution in [2.24, 2.45) is 10.9 Å². The number of rotatable bonds is 4. The van der Waals surface area contributed by atoms with E-state index in [2.05, 4.69) is 15.5 Å². The second-order valence-electron chi connectivity index (χ2n) is 4.20. The Morgan fingerprint density at radius 2 is 2.40 bits per heavy atom. The zero-order valence-corrected chi connectivity index (χ0v) is 12.4. The van der Waals surface area contributed by atoms with Crippen LogP contribution >= 0.6 is 23.5 Å². The van der Waals surface area contributed by atoms with Crippen LogP contribution in [0.2, 0.25) is 0 Å². The molecule has 6 nitrogen and oxygen atoms in total. The molecule has 108 valence electrons. The lowest BCUT2D eigenvalue weighted by atomic mass is 10.2. The van der Waals surface area contributed by atoms with Gasteiger partial charge in [0.25, 0.3) is 5.91 Å². The number of aromatic nitrogens is 1. The Bertz CT molecular complexity index is 487. The van der Waals surface area contributed by atoms with Crippen molar-refractivity contribution in [1.82, 2.24) is 10.3 Å². The summed E-state index contributed by atoms with van der Waals surface area (Å²) >= 11 is 3.81. The maximum absolute atomic E-state index is 11.9. The van der Waals surface area contributed by atoms with Gasteiger partial charge < -0.3 is 16.3 Å². The Morgan fingerprint density at radius 1 is 1.55 bits per heavy atom. The van der Waals surface area contributed by atoms with Gasteiger partial charge in [0.15, 0.2) is 5.84 Å². The highest BCUT2D eigenvalue weighted by molar-refractivity contribution is 8.06. The van der Waals surface area contributed by atoms with Crippen molar-refractivity contribution >= 4 is 35.3 Å². The number of thioether (sulfide) groups is 2. The Labute approximate surface area is 125 Å². The van der Waals surface area contributed by atoms with Crippen LogP contribution in [0.5, 0.6) is 0 Å². The van der Waals surface area contributed by atoms with Crippen LogP contribution in [-0.2, 0) is 0 Å². The summed E-state index contributed by atoms with van der Waals surface area (Å²) in [7, 11) is 0. The summed E-state index contributed by atoms with van der Waals surface area (Å²) in [6.45, 7) is 0.653. The third-order valence-corrected chi connectivity index (χ3v) is 5.62. The molecule has 0 aliphatic carbocycles. The fourth-order valence-electron chi connectivity index (χ4n) is 1.69. The molecule has 20 heavy (non-hydrogen) atoms. The van der Waals surface area contributed by atoms with Gasteiger partial charge in [0, 0.05) is 40.8 Å². The van der Waals surface area contributed by atoms with Gasteiger partial charge in [-0.3, -0.25) is 9.78 Å². The van der Waals surface area contributed by atoms with Crippen LogP contribution in [-0.4, -0.2) is 51.0 Å². The van der Waals surface area contributed by atoms with Gasteiger partial charge >= 0.3 is 0 Å². The van der Waals surface area contributed by atoms with Gasteiger partial charge in [-0.05, 0) is 12.1 Å². The van der Waals surface area contributed by atoms with E-state index in [-0.39, 0.29) is 11.7 Å². The van der Waals surface area contributed by atoms with E-state index < -0.39 is 0 Å². The zero-order chi connectivity index (χ0) is 14.4. The van der Waals surface area contributed by atoms with E-state index in [0.717, 1.165) is 11.5 Å². The number of hydrogen-bond donors (Lipinski definition) is 3. The predicted molar refractivity (Wildman–Crippen MR) is 82.7 cm³/mol. The molecule has 0 spiro atoms. The molecule has 1 aliphatic rings. The first-order valence-electron chi connectivity index (χ1n) is 6.12. The first kappa shape index (κ1) is 15.0. The first-order chi connectivity index (χ1) is 9.70. The lowest BCUT2D eigenvalue weighted by Crippen LogP contribution is -2.33. The van der Waals surface area contributed by atoms with Crippen LogP contribution in [0.3, 0.4) is 0 Å². The largest absolute Gasteiger partial charge is 0.409 e. The lowest BCUT2D eigenvalue weighted by molar-refractivity contribution is 0.0949. The molecule has 1 aromatic heterocycles. The van der Waals surface area contributed by atoms with Gasteiger partial charge in [-0.1, -0.05) is 5.16 Å². The van der Waals surface area contributed by atoms with Gasteiger partial charge in [0.05, 0.1) is 0 Å². The summed E-state index contributed by atoms with van der Waals surface area (Å²) in [6.07, 6.45) is 1.41. The maximum Gasteiger partial charge on any atom is 0.269 e. The number of amides is 1. The van der Waals surface area contributed by atoms with Gasteiger partial charge in [-0.25, -0.2) is 0 Å². The molecule has 1 fully saturated rings. The zero-order valence-electron chi connectivity index (χ0n) is 10.8. The van der Waals surface area contributed by atoms with Crippen LogP contribution < -0.4 is 11.1 Å². The second-order valence-corrected chi connectivity index (χ2v) is 6.75. The highest BCUT2D eigenvalue weighted by atomic mass is 32.2. The number of carbonyl (C=O) groups is 1. The van der Waals surface area contributed by atoms with E-state index in [1.165, 1.54) is 11.9 Å². The Hall–Kier alpha value is -1.41. The van der Waals surface area contributed by atoms with E-state index in [1.807, 2.05) is 23.5 Å². The topological polar surface area (TPSA) is 101 Å². The maximum atomic E-state index is 11.9. The fourth-order valence-corrected chi connectivity index (χ4v) is 4.30. The summed E-state index contributed by atoms with van der Waals surface area (Å²) in [5.41, 5.74) is 6.23. The van der Waals surface area contributed by atoms with Crippen molar-refractivity contribution < 1.29 is 10.0 Å². The number of pyridine rings is 1. The SMILES string of the molecule is N/C(=N/O)c1ccc(C(=O)NCC2CSCCS2)nc1. The second kappa shape index (κ2) is 7.39. The van der Waals surface area contributed by atoms with Crippen molar-refractivity contribution in [2.45, 2.75) is 5.25 Å². The molecule has 1 unspecified atom stereocenters. The molecule has 0 radical (unpaired) electrons. The molecule has 1 saturated heterocycles. The quantitative estimate of drug-likeness (QED) is 0.328. The number of nitrogens with one attached hydrogen (secondary N) is 1. The molecule has 1 atom stereocenters. The summed E-state index contributed by atoms with van der Waals surface area (Å²) in [6, 6.07) is 3.16. The molecule has 1 aliphatic heterocycles. The van der Waals surface area contributed by atoms with Crippen molar-refractivity contribution in [2.75, 3.05) is 23.8 Å². The predicted octanol–water partition coefficient (Wildman–Crippen LogP) is 0.754. The van der Waals surface area contributed by atoms with Crippen molar-refractivity contribution in [3.8, 4) is 0 Å². The minimum Gasteiger partial charge on any atom is -0.409 e. The number of nitrogens with zero attached hydrogens (tertiary/aromatic N) is 2. The first-order valence-corrected chi connectivity index (χ1v) is 8.32. The summed E-state index contributed by atoms with van der Waals surface area (Å²) < 4.78 is 0. The van der Waals surface area contributed by atoms with Crippen LogP contribution in [0.4, 0.5) is 0 Å². The van der Waals surface area contributed by atoms with Gasteiger partial charge in [-0.2, -0.15) is 23.5 Å². The van der Waals surface area contributed by atoms with E-state index in [1.54, 1.807) is 12.1 Å². The highest BCUT2D eigenvalue weighted by Crippen LogP contribution is 2.23. The molecular weight excluding hydrogens is 296 g/mol. The standard InChI is InChI=1S/C12H16N4O2S2/c13-11(16-18)8-1-2-10(14-5-8)12(17)15-6-9-7-19-3-4-20-9/h1-2,5,9,18H,3-4,6-7H2,(H2,13,16)(H,15,17). The number of carbonyl (C=O) groups excluding carboxylic acids is 1. The number of oxime groups is 1. The molecular formula is C12H16N4O2S2. The average Bonchev–Trinajstić information content (AvgIpc) is 2.53. The van der Waals surface area contributed by atoms with Crippen LogP contribution in [0.15, 0.2) is 23.5 Å². The summed E-state index contributed by atoms with van der Waals surface area (Å²) in [4.78, 5) is 16.0. The molecule has 0 bridgehead atoms. The van der Waals surface area contributed by atoms with E-state index in [4.69, 9.17) is 10.9 Å².